The fourth-order valence-electron chi connectivity index (χ4n) is 1.03. The molecule has 0 amide bonds. The maximum Gasteiger partial charge on any atom is 0.0555 e. The summed E-state index contributed by atoms with van der Waals surface area (Å²) in [6.07, 6.45) is 1.87. The molecule has 0 aromatic carbocycles. The maximum atomic E-state index is 7.01. The zero-order chi connectivity index (χ0) is 9.14. The lowest BCUT2D eigenvalue weighted by molar-refractivity contribution is 1.05. The summed E-state index contributed by atoms with van der Waals surface area (Å²) >= 11 is 1.42. The molecular weight excluding hydrogens is 168 g/mol. The van der Waals surface area contributed by atoms with Crippen molar-refractivity contribution in [3.05, 3.63) is 23.0 Å². The van der Waals surface area contributed by atoms with Crippen LogP contribution >= 0.6 is 11.8 Å². The van der Waals surface area contributed by atoms with Crippen molar-refractivity contribution in [1.82, 2.24) is 4.98 Å². The van der Waals surface area contributed by atoms with Gasteiger partial charge in [0.15, 0.2) is 0 Å². The maximum absolute atomic E-state index is 7.01. The topological polar surface area (TPSA) is 36.7 Å². The predicted octanol–water partition coefficient (Wildman–Crippen LogP) is 2.71. The smallest absolute Gasteiger partial charge is 0.0555 e. The van der Waals surface area contributed by atoms with Gasteiger partial charge in [-0.05, 0) is 31.9 Å². The van der Waals surface area contributed by atoms with Gasteiger partial charge in [0.1, 0.15) is 0 Å². The molecule has 0 radical (unpaired) electrons. The van der Waals surface area contributed by atoms with E-state index in [4.69, 9.17) is 5.41 Å². The largest absolute Gasteiger partial charge is 0.302 e. The number of nitrogens with zero attached hydrogens (tertiary/aromatic N) is 1. The van der Waals surface area contributed by atoms with Crippen LogP contribution in [0.15, 0.2) is 11.1 Å². The van der Waals surface area contributed by atoms with Crippen LogP contribution in [-0.2, 0) is 0 Å². The van der Waals surface area contributed by atoms with E-state index in [0.29, 0.717) is 0 Å². The van der Waals surface area contributed by atoms with Crippen LogP contribution in [0, 0.1) is 26.2 Å². The fraction of sp³-hybridized carbons (Fsp3) is 0.333. The zero-order valence-corrected chi connectivity index (χ0v) is 8.33. The highest BCUT2D eigenvalue weighted by Crippen LogP contribution is 2.24. The first-order valence-corrected chi connectivity index (χ1v) is 4.63. The highest BCUT2D eigenvalue weighted by molar-refractivity contribution is 8.12. The number of aromatic nitrogens is 1. The van der Waals surface area contributed by atoms with Crippen LogP contribution in [0.2, 0.25) is 0 Å². The average Bonchev–Trinajstić information content (AvgIpc) is 2.06. The second-order valence-electron chi connectivity index (χ2n) is 2.72. The summed E-state index contributed by atoms with van der Waals surface area (Å²) in [7, 11) is 0. The highest BCUT2D eigenvalue weighted by Gasteiger charge is 2.04. The van der Waals surface area contributed by atoms with Gasteiger partial charge in [-0.1, -0.05) is 11.8 Å². The van der Waals surface area contributed by atoms with Crippen molar-refractivity contribution in [2.24, 2.45) is 0 Å². The average molecular weight is 180 g/mol. The van der Waals surface area contributed by atoms with Crippen molar-refractivity contribution in [2.45, 2.75) is 25.7 Å². The van der Waals surface area contributed by atoms with Crippen LogP contribution in [0.3, 0.4) is 0 Å². The number of aryl methyl sites for hydroxylation is 2. The Balaban J connectivity index is 3.22. The molecule has 0 unspecified atom stereocenters. The van der Waals surface area contributed by atoms with Gasteiger partial charge in [-0.3, -0.25) is 4.98 Å². The lowest BCUT2D eigenvalue weighted by Crippen LogP contribution is -1.92. The molecule has 1 rings (SSSR count). The Hall–Kier alpha value is -0.830. The number of pyridine rings is 1. The van der Waals surface area contributed by atoms with E-state index in [0.717, 1.165) is 10.6 Å². The van der Waals surface area contributed by atoms with Gasteiger partial charge in [0.2, 0.25) is 0 Å². The van der Waals surface area contributed by atoms with E-state index in [1.807, 2.05) is 20.0 Å². The van der Waals surface area contributed by atoms with Crippen LogP contribution in [-0.4, -0.2) is 10.5 Å². The Labute approximate surface area is 76.9 Å². The molecule has 0 fully saturated rings. The number of nitrogens with one attached hydrogen (secondary N) is 1. The van der Waals surface area contributed by atoms with Crippen molar-refractivity contribution in [3.8, 4) is 0 Å². The lowest BCUT2D eigenvalue weighted by Gasteiger charge is -2.07. The van der Waals surface area contributed by atoms with Gasteiger partial charge in [-0.15, -0.1) is 0 Å². The molecule has 0 aliphatic carbocycles. The third-order valence-electron chi connectivity index (χ3n) is 1.89. The van der Waals surface area contributed by atoms with Crippen LogP contribution in [0.1, 0.15) is 16.8 Å². The summed E-state index contributed by atoms with van der Waals surface area (Å²) in [6, 6.07) is 0. The number of thioether (sulfide) groups is 1. The third kappa shape index (κ3) is 1.67. The minimum Gasteiger partial charge on any atom is -0.302 e. The van der Waals surface area contributed by atoms with Crippen LogP contribution in [0.25, 0.3) is 0 Å². The predicted molar refractivity (Wildman–Crippen MR) is 53.1 cm³/mol. The Morgan fingerprint density at radius 3 is 2.67 bits per heavy atom. The van der Waals surface area contributed by atoms with Crippen molar-refractivity contribution < 1.29 is 0 Å². The van der Waals surface area contributed by atoms with Crippen LogP contribution in [0.4, 0.5) is 0 Å². The molecule has 0 bridgehead atoms. The van der Waals surface area contributed by atoms with Crippen molar-refractivity contribution >= 4 is 17.3 Å². The minimum absolute atomic E-state index is 1.01. The van der Waals surface area contributed by atoms with E-state index in [2.05, 4.69) is 11.9 Å². The first-order valence-electron chi connectivity index (χ1n) is 3.75. The van der Waals surface area contributed by atoms with E-state index < -0.39 is 0 Å². The SMILES string of the molecule is Cc1cnc(C)c(SC=N)c1C. The molecule has 0 atom stereocenters. The van der Waals surface area contributed by atoms with Crippen LogP contribution in [0.5, 0.6) is 0 Å². The molecule has 0 spiro atoms. The van der Waals surface area contributed by atoms with Gasteiger partial charge in [0.05, 0.1) is 11.2 Å². The summed E-state index contributed by atoms with van der Waals surface area (Å²) in [5.74, 6) is 0. The van der Waals surface area contributed by atoms with E-state index >= 15 is 0 Å². The molecule has 0 saturated carbocycles. The van der Waals surface area contributed by atoms with E-state index in [1.54, 1.807) is 0 Å². The molecule has 0 aliphatic heterocycles. The minimum atomic E-state index is 1.01. The molecule has 3 heteroatoms. The van der Waals surface area contributed by atoms with E-state index in [1.165, 1.54) is 28.4 Å². The van der Waals surface area contributed by atoms with Crippen molar-refractivity contribution in [3.63, 3.8) is 0 Å². The molecule has 12 heavy (non-hydrogen) atoms. The normalized spacial score (nSPS) is 9.92. The fourth-order valence-corrected chi connectivity index (χ4v) is 1.71. The Kier molecular flexibility index (Phi) is 2.87. The van der Waals surface area contributed by atoms with Crippen LogP contribution < -0.4 is 0 Å². The van der Waals surface area contributed by atoms with Gasteiger partial charge in [-0.25, -0.2) is 0 Å². The third-order valence-corrected chi connectivity index (χ3v) is 2.84. The molecule has 1 aromatic heterocycles. The standard InChI is InChI=1S/C9H12N2S/c1-6-4-11-8(3)9(7(6)2)12-5-10/h4-5,10H,1-3H3. The molecule has 0 saturated heterocycles. The molecular formula is C9H12N2S. The molecule has 2 nitrogen and oxygen atoms in total. The zero-order valence-electron chi connectivity index (χ0n) is 7.51. The van der Waals surface area contributed by atoms with Gasteiger partial charge < -0.3 is 5.41 Å². The van der Waals surface area contributed by atoms with E-state index in [9.17, 15) is 0 Å². The Bertz CT molecular complexity index is 308. The first kappa shape index (κ1) is 9.26. The first-order chi connectivity index (χ1) is 5.66. The summed E-state index contributed by atoms with van der Waals surface area (Å²) < 4.78 is 0. The second-order valence-corrected chi connectivity index (χ2v) is 3.60. The van der Waals surface area contributed by atoms with Gasteiger partial charge >= 0.3 is 0 Å². The van der Waals surface area contributed by atoms with Gasteiger partial charge in [0.25, 0.3) is 0 Å². The summed E-state index contributed by atoms with van der Waals surface area (Å²) in [5.41, 5.74) is 4.77. The Morgan fingerprint density at radius 2 is 2.08 bits per heavy atom. The molecule has 1 aromatic rings. The summed E-state index contributed by atoms with van der Waals surface area (Å²) in [5, 5.41) is 7.01. The van der Waals surface area contributed by atoms with E-state index in [-0.39, 0.29) is 0 Å². The molecule has 64 valence electrons. The lowest BCUT2D eigenvalue weighted by atomic mass is 10.1. The molecule has 1 heterocycles. The quantitative estimate of drug-likeness (QED) is 0.431. The number of rotatable bonds is 2. The van der Waals surface area contributed by atoms with Gasteiger partial charge in [0, 0.05) is 11.1 Å². The summed E-state index contributed by atoms with van der Waals surface area (Å²) in [4.78, 5) is 5.35. The second kappa shape index (κ2) is 3.72. The molecule has 1 N–H and O–H groups in total. The number of hydrogen-bond donors (Lipinski definition) is 1. The van der Waals surface area contributed by atoms with Gasteiger partial charge in [-0.2, -0.15) is 0 Å². The molecule has 0 aliphatic rings. The summed E-state index contributed by atoms with van der Waals surface area (Å²) in [6.45, 7) is 6.07. The van der Waals surface area contributed by atoms with Crippen molar-refractivity contribution in [1.29, 1.82) is 5.41 Å². The highest BCUT2D eigenvalue weighted by atomic mass is 32.2. The van der Waals surface area contributed by atoms with Crippen molar-refractivity contribution in [2.75, 3.05) is 0 Å². The monoisotopic (exact) mass is 180 g/mol. The number of hydrogen-bond acceptors (Lipinski definition) is 3. The Morgan fingerprint density at radius 1 is 1.42 bits per heavy atom.